The monoisotopic (exact) mass is 240 g/mol. The Bertz CT molecular complexity index is 380. The molecule has 0 aromatic carbocycles. The maximum absolute atomic E-state index is 11.0. The Hall–Kier alpha value is -1.07. The minimum Gasteiger partial charge on any atom is -0.478 e. The molecular formula is C11H16N2O2S. The second-order valence-corrected chi connectivity index (χ2v) is 4.85. The van der Waals surface area contributed by atoms with Gasteiger partial charge in [0.05, 0.1) is 5.56 Å². The van der Waals surface area contributed by atoms with Gasteiger partial charge >= 0.3 is 5.97 Å². The summed E-state index contributed by atoms with van der Waals surface area (Å²) in [6, 6.07) is 3.34. The van der Waals surface area contributed by atoms with Crippen LogP contribution in [0.15, 0.2) is 17.2 Å². The summed E-state index contributed by atoms with van der Waals surface area (Å²) in [5.41, 5.74) is 1.13. The zero-order chi connectivity index (χ0) is 12.1. The second-order valence-electron chi connectivity index (χ2n) is 3.76. The van der Waals surface area contributed by atoms with Crippen LogP contribution in [0.25, 0.3) is 0 Å². The summed E-state index contributed by atoms with van der Waals surface area (Å²) < 4.78 is 0. The van der Waals surface area contributed by atoms with Gasteiger partial charge in [-0.2, -0.15) is 0 Å². The quantitative estimate of drug-likeness (QED) is 0.794. The van der Waals surface area contributed by atoms with Gasteiger partial charge in [-0.05, 0) is 33.2 Å². The summed E-state index contributed by atoms with van der Waals surface area (Å²) in [6.07, 6.45) is 0. The van der Waals surface area contributed by atoms with E-state index in [2.05, 4.69) is 9.88 Å². The van der Waals surface area contributed by atoms with Crippen molar-refractivity contribution in [2.24, 2.45) is 0 Å². The zero-order valence-corrected chi connectivity index (χ0v) is 10.5. The molecule has 0 bridgehead atoms. The third-order valence-electron chi connectivity index (χ3n) is 2.01. The van der Waals surface area contributed by atoms with Crippen molar-refractivity contribution in [2.75, 3.05) is 26.4 Å². The van der Waals surface area contributed by atoms with Crippen molar-refractivity contribution >= 4 is 17.7 Å². The number of hydrogen-bond acceptors (Lipinski definition) is 4. The first-order valence-corrected chi connectivity index (χ1v) is 5.97. The lowest BCUT2D eigenvalue weighted by atomic mass is 10.2. The predicted octanol–water partition coefficient (Wildman–Crippen LogP) is 1.74. The highest BCUT2D eigenvalue weighted by Gasteiger charge is 2.11. The molecule has 0 radical (unpaired) electrons. The average molecular weight is 240 g/mol. The van der Waals surface area contributed by atoms with Crippen molar-refractivity contribution in [1.82, 2.24) is 9.88 Å². The molecule has 0 aliphatic carbocycles. The number of carboxylic acid groups (broad SMARTS) is 1. The molecule has 0 unspecified atom stereocenters. The standard InChI is InChI=1S/C11H16N2O2S/c1-8-4-5-9(11(14)15)10(12-8)16-7-6-13(2)3/h4-5H,6-7H2,1-3H3,(H,14,15). The van der Waals surface area contributed by atoms with E-state index in [0.29, 0.717) is 5.03 Å². The van der Waals surface area contributed by atoms with Crippen LogP contribution in [0.4, 0.5) is 0 Å². The molecular weight excluding hydrogens is 224 g/mol. The molecule has 0 spiro atoms. The first-order chi connectivity index (χ1) is 7.50. The Morgan fingerprint density at radius 3 is 2.75 bits per heavy atom. The van der Waals surface area contributed by atoms with E-state index in [4.69, 9.17) is 5.11 Å². The SMILES string of the molecule is Cc1ccc(C(=O)O)c(SCCN(C)C)n1. The van der Waals surface area contributed by atoms with Crippen LogP contribution in [0, 0.1) is 6.92 Å². The number of carboxylic acids is 1. The molecule has 0 amide bonds. The maximum atomic E-state index is 11.0. The summed E-state index contributed by atoms with van der Waals surface area (Å²) in [5.74, 6) is -0.0798. The number of thioether (sulfide) groups is 1. The number of rotatable bonds is 5. The van der Waals surface area contributed by atoms with Crippen molar-refractivity contribution < 1.29 is 9.90 Å². The minimum atomic E-state index is -0.917. The fourth-order valence-corrected chi connectivity index (χ4v) is 2.30. The van der Waals surface area contributed by atoms with Gasteiger partial charge in [0.1, 0.15) is 5.03 Å². The topological polar surface area (TPSA) is 53.4 Å². The fraction of sp³-hybridized carbons (Fsp3) is 0.455. The number of carbonyl (C=O) groups is 1. The number of nitrogens with zero attached hydrogens (tertiary/aromatic N) is 2. The van der Waals surface area contributed by atoms with Crippen LogP contribution >= 0.6 is 11.8 Å². The van der Waals surface area contributed by atoms with E-state index in [1.807, 2.05) is 21.0 Å². The Kier molecular flexibility index (Phi) is 4.76. The third-order valence-corrected chi connectivity index (χ3v) is 2.98. The molecule has 1 heterocycles. The summed E-state index contributed by atoms with van der Waals surface area (Å²) in [5, 5.41) is 9.61. The maximum Gasteiger partial charge on any atom is 0.338 e. The highest BCUT2D eigenvalue weighted by molar-refractivity contribution is 7.99. The molecule has 16 heavy (non-hydrogen) atoms. The lowest BCUT2D eigenvalue weighted by Crippen LogP contribution is -2.15. The number of aryl methyl sites for hydroxylation is 1. The lowest BCUT2D eigenvalue weighted by molar-refractivity contribution is 0.0692. The first-order valence-electron chi connectivity index (χ1n) is 4.99. The minimum absolute atomic E-state index is 0.286. The highest BCUT2D eigenvalue weighted by Crippen LogP contribution is 2.20. The molecule has 1 aromatic heterocycles. The number of aromatic carboxylic acids is 1. The zero-order valence-electron chi connectivity index (χ0n) is 9.73. The van der Waals surface area contributed by atoms with E-state index < -0.39 is 5.97 Å². The summed E-state index contributed by atoms with van der Waals surface area (Å²) in [6.45, 7) is 2.76. The lowest BCUT2D eigenvalue weighted by Gasteiger charge is -2.09. The average Bonchev–Trinajstić information content (AvgIpc) is 2.16. The van der Waals surface area contributed by atoms with Gasteiger partial charge in [0.25, 0.3) is 0 Å². The first kappa shape index (κ1) is 13.0. The van der Waals surface area contributed by atoms with Gasteiger partial charge in [-0.1, -0.05) is 0 Å². The van der Waals surface area contributed by atoms with Crippen LogP contribution in [0.1, 0.15) is 16.1 Å². The predicted molar refractivity (Wildman–Crippen MR) is 65.2 cm³/mol. The highest BCUT2D eigenvalue weighted by atomic mass is 32.2. The van der Waals surface area contributed by atoms with E-state index in [1.165, 1.54) is 11.8 Å². The van der Waals surface area contributed by atoms with Crippen LogP contribution in [0.5, 0.6) is 0 Å². The second kappa shape index (κ2) is 5.86. The van der Waals surface area contributed by atoms with Crippen LogP contribution in [0.3, 0.4) is 0 Å². The Morgan fingerprint density at radius 2 is 2.19 bits per heavy atom. The number of aromatic nitrogens is 1. The Balaban J connectivity index is 2.76. The smallest absolute Gasteiger partial charge is 0.338 e. The fourth-order valence-electron chi connectivity index (χ4n) is 1.13. The molecule has 5 heteroatoms. The van der Waals surface area contributed by atoms with E-state index in [0.717, 1.165) is 18.0 Å². The van der Waals surface area contributed by atoms with E-state index in [9.17, 15) is 4.79 Å². The van der Waals surface area contributed by atoms with Gasteiger partial charge in [0.2, 0.25) is 0 Å². The normalized spacial score (nSPS) is 10.8. The van der Waals surface area contributed by atoms with Crippen molar-refractivity contribution in [3.05, 3.63) is 23.4 Å². The molecule has 1 rings (SSSR count). The van der Waals surface area contributed by atoms with Gasteiger partial charge < -0.3 is 10.0 Å². The van der Waals surface area contributed by atoms with Crippen molar-refractivity contribution in [3.63, 3.8) is 0 Å². The molecule has 1 N–H and O–H groups in total. The van der Waals surface area contributed by atoms with Crippen LogP contribution < -0.4 is 0 Å². The molecule has 0 aliphatic rings. The van der Waals surface area contributed by atoms with E-state index in [1.54, 1.807) is 12.1 Å². The van der Waals surface area contributed by atoms with E-state index >= 15 is 0 Å². The number of pyridine rings is 1. The van der Waals surface area contributed by atoms with E-state index in [-0.39, 0.29) is 5.56 Å². The summed E-state index contributed by atoms with van der Waals surface area (Å²) in [4.78, 5) is 17.3. The van der Waals surface area contributed by atoms with Gasteiger partial charge in [0.15, 0.2) is 0 Å². The molecule has 0 aliphatic heterocycles. The molecule has 0 atom stereocenters. The largest absolute Gasteiger partial charge is 0.478 e. The molecule has 88 valence electrons. The van der Waals surface area contributed by atoms with Crippen LogP contribution in [0.2, 0.25) is 0 Å². The molecule has 0 saturated carbocycles. The summed E-state index contributed by atoms with van der Waals surface area (Å²) in [7, 11) is 3.98. The molecule has 1 aromatic rings. The molecule has 0 saturated heterocycles. The molecule has 0 fully saturated rings. The Morgan fingerprint density at radius 1 is 1.50 bits per heavy atom. The number of hydrogen-bond donors (Lipinski definition) is 1. The van der Waals surface area contributed by atoms with Gasteiger partial charge in [-0.3, -0.25) is 0 Å². The van der Waals surface area contributed by atoms with Crippen molar-refractivity contribution in [3.8, 4) is 0 Å². The Labute approximate surface area is 99.7 Å². The molecule has 4 nitrogen and oxygen atoms in total. The van der Waals surface area contributed by atoms with Gasteiger partial charge in [-0.15, -0.1) is 11.8 Å². The van der Waals surface area contributed by atoms with Crippen molar-refractivity contribution in [1.29, 1.82) is 0 Å². The van der Waals surface area contributed by atoms with Crippen LogP contribution in [-0.4, -0.2) is 47.4 Å². The van der Waals surface area contributed by atoms with Crippen molar-refractivity contribution in [2.45, 2.75) is 11.9 Å². The van der Waals surface area contributed by atoms with Gasteiger partial charge in [-0.25, -0.2) is 9.78 Å². The van der Waals surface area contributed by atoms with Gasteiger partial charge in [0, 0.05) is 18.0 Å². The summed E-state index contributed by atoms with van der Waals surface area (Å²) >= 11 is 1.48. The third kappa shape index (κ3) is 3.83. The van der Waals surface area contributed by atoms with Crippen LogP contribution in [-0.2, 0) is 0 Å².